The van der Waals surface area contributed by atoms with E-state index in [2.05, 4.69) is 64.0 Å². The first-order valence-corrected chi connectivity index (χ1v) is 14.4. The van der Waals surface area contributed by atoms with Crippen LogP contribution in [0.2, 0.25) is 0 Å². The third-order valence-electron chi connectivity index (χ3n) is 7.49. The first kappa shape index (κ1) is 29.3. The van der Waals surface area contributed by atoms with Gasteiger partial charge in [0.25, 0.3) is 0 Å². The van der Waals surface area contributed by atoms with Gasteiger partial charge < -0.3 is 9.13 Å². The number of aromatic nitrogens is 7. The van der Waals surface area contributed by atoms with Gasteiger partial charge >= 0.3 is 20.1 Å². The fourth-order valence-corrected chi connectivity index (χ4v) is 5.57. The molecule has 0 atom stereocenters. The van der Waals surface area contributed by atoms with Gasteiger partial charge in [-0.15, -0.1) is 64.4 Å². The number of allylic oxidation sites excluding steroid dienone is 1. The van der Waals surface area contributed by atoms with Gasteiger partial charge in [-0.25, -0.2) is 0 Å². The zero-order chi connectivity index (χ0) is 28.8. The van der Waals surface area contributed by atoms with Crippen LogP contribution in [-0.4, -0.2) is 33.7 Å². The van der Waals surface area contributed by atoms with Crippen LogP contribution in [0.4, 0.5) is 0 Å². The molecular weight excluding hydrogens is 723 g/mol. The van der Waals surface area contributed by atoms with E-state index in [1.54, 1.807) is 0 Å². The number of hydrogen-bond donors (Lipinski definition) is 0. The Kier molecular flexibility index (Phi) is 9.11. The third kappa shape index (κ3) is 6.72. The number of rotatable bonds is 8. The van der Waals surface area contributed by atoms with Crippen molar-refractivity contribution in [3.05, 3.63) is 168 Å². The SMILES string of the molecule is [Ir+3].[c-]1c(Cn2cccn2)c2c3c(cccc3c1Cn1cccn1)CC=C2.[c-]1cccn1Cc1cccc(Cn2[c-]ccc2)n1. The van der Waals surface area contributed by atoms with Crippen LogP contribution in [0.1, 0.15) is 33.6 Å². The van der Waals surface area contributed by atoms with E-state index in [1.807, 2.05) is 110 Å². The Labute approximate surface area is 270 Å². The molecule has 0 unspecified atom stereocenters. The maximum atomic E-state index is 4.64. The Bertz CT molecular complexity index is 1880. The van der Waals surface area contributed by atoms with E-state index in [-0.39, 0.29) is 20.1 Å². The van der Waals surface area contributed by atoms with Crippen molar-refractivity contribution in [1.29, 1.82) is 0 Å². The minimum Gasteiger partial charge on any atom is -0.466 e. The quantitative estimate of drug-likeness (QED) is 0.177. The van der Waals surface area contributed by atoms with Gasteiger partial charge in [-0.2, -0.15) is 40.5 Å². The zero-order valence-electron chi connectivity index (χ0n) is 24.0. The molecule has 8 rings (SSSR count). The van der Waals surface area contributed by atoms with E-state index in [4.69, 9.17) is 0 Å². The van der Waals surface area contributed by atoms with E-state index in [0.717, 1.165) is 44.0 Å². The topological polar surface area (TPSA) is 58.4 Å². The van der Waals surface area contributed by atoms with Crippen LogP contribution in [0.3, 0.4) is 0 Å². The van der Waals surface area contributed by atoms with Gasteiger partial charge in [0, 0.05) is 51.0 Å². The van der Waals surface area contributed by atoms with Crippen molar-refractivity contribution in [3.8, 4) is 0 Å². The van der Waals surface area contributed by atoms with Gasteiger partial charge in [-0.3, -0.25) is 14.3 Å². The summed E-state index contributed by atoms with van der Waals surface area (Å²) in [6.07, 6.45) is 23.3. The van der Waals surface area contributed by atoms with Crippen LogP contribution in [0.25, 0.3) is 16.8 Å². The van der Waals surface area contributed by atoms with Crippen LogP contribution < -0.4 is 0 Å². The summed E-state index contributed by atoms with van der Waals surface area (Å²) in [6.45, 7) is 2.97. The molecule has 0 N–H and O–H groups in total. The molecule has 0 saturated heterocycles. The van der Waals surface area contributed by atoms with Crippen molar-refractivity contribution < 1.29 is 20.1 Å². The molecule has 2 aromatic carbocycles. The van der Waals surface area contributed by atoms with E-state index < -0.39 is 0 Å². The second-order valence-corrected chi connectivity index (χ2v) is 10.5. The van der Waals surface area contributed by atoms with E-state index in [1.165, 1.54) is 33.0 Å². The predicted octanol–water partition coefficient (Wildman–Crippen LogP) is 6.08. The Morgan fingerprint density at radius 2 is 1.30 bits per heavy atom. The predicted molar refractivity (Wildman–Crippen MR) is 167 cm³/mol. The summed E-state index contributed by atoms with van der Waals surface area (Å²) in [5.41, 5.74) is 7.12. The van der Waals surface area contributed by atoms with Crippen molar-refractivity contribution in [2.24, 2.45) is 0 Å². The number of hydrogen-bond acceptors (Lipinski definition) is 3. The monoisotopic (exact) mass is 753 g/mol. The average Bonchev–Trinajstić information content (AvgIpc) is 3.86. The summed E-state index contributed by atoms with van der Waals surface area (Å²) in [4.78, 5) is 4.64. The molecule has 0 fully saturated rings. The Morgan fingerprint density at radius 1 is 0.659 bits per heavy atom. The fourth-order valence-electron chi connectivity index (χ4n) is 5.57. The van der Waals surface area contributed by atoms with Crippen LogP contribution in [-0.2, 0) is 52.7 Å². The van der Waals surface area contributed by atoms with Crippen molar-refractivity contribution in [1.82, 2.24) is 33.7 Å². The maximum absolute atomic E-state index is 4.64. The summed E-state index contributed by atoms with van der Waals surface area (Å²) in [5.74, 6) is 0. The smallest absolute Gasteiger partial charge is 0.466 e. The van der Waals surface area contributed by atoms with Gasteiger partial charge in [0.1, 0.15) is 0 Å². The summed E-state index contributed by atoms with van der Waals surface area (Å²) in [6, 6.07) is 28.0. The standard InChI is InChI=1S/C21H17N4.C15H13N3.Ir/c1-5-16-6-2-8-20-18(15-25-12-4-10-23-25)13-17(19(7-1)21(16)20)14-24-11-3-9-22-24;1-2-9-17(8-1)12-14-6-5-7-15(16-14)13-18-10-3-4-11-18;/h1-5,7-12H,6,14-15H2;1-8,10H,12-13H2;/q-1;-2;+3. The molecule has 0 radical (unpaired) electrons. The van der Waals surface area contributed by atoms with Gasteiger partial charge in [0.05, 0.1) is 11.4 Å². The molecule has 0 spiro atoms. The average molecular weight is 753 g/mol. The van der Waals surface area contributed by atoms with Gasteiger partial charge in [-0.05, 0) is 30.7 Å². The van der Waals surface area contributed by atoms with Gasteiger partial charge in [0.15, 0.2) is 0 Å². The molecule has 1 aliphatic carbocycles. The normalized spacial score (nSPS) is 11.6. The Hall–Kier alpha value is -4.78. The maximum Gasteiger partial charge on any atom is 3.00 e. The van der Waals surface area contributed by atoms with Crippen LogP contribution in [0, 0.1) is 18.5 Å². The molecule has 0 aliphatic heterocycles. The molecule has 5 aromatic heterocycles. The van der Waals surface area contributed by atoms with Crippen molar-refractivity contribution >= 4 is 16.8 Å². The summed E-state index contributed by atoms with van der Waals surface area (Å²) in [5, 5.41) is 11.4. The van der Waals surface area contributed by atoms with Crippen molar-refractivity contribution in [2.75, 3.05) is 0 Å². The summed E-state index contributed by atoms with van der Waals surface area (Å²) in [7, 11) is 0. The molecule has 218 valence electrons. The molecule has 5 heterocycles. The molecule has 7 aromatic rings. The van der Waals surface area contributed by atoms with Crippen LogP contribution in [0.15, 0.2) is 116 Å². The van der Waals surface area contributed by atoms with Crippen molar-refractivity contribution in [2.45, 2.75) is 32.6 Å². The second kappa shape index (κ2) is 13.7. The minimum absolute atomic E-state index is 0. The van der Waals surface area contributed by atoms with Crippen LogP contribution in [0.5, 0.6) is 0 Å². The minimum atomic E-state index is 0. The van der Waals surface area contributed by atoms with E-state index in [0.29, 0.717) is 0 Å². The molecule has 44 heavy (non-hydrogen) atoms. The zero-order valence-corrected chi connectivity index (χ0v) is 26.4. The largest absolute Gasteiger partial charge is 3.00 e. The van der Waals surface area contributed by atoms with E-state index in [9.17, 15) is 0 Å². The number of benzene rings is 2. The molecule has 1 aliphatic rings. The van der Waals surface area contributed by atoms with Gasteiger partial charge in [-0.1, -0.05) is 29.8 Å². The fraction of sp³-hybridized carbons (Fsp3) is 0.139. The molecule has 0 saturated carbocycles. The van der Waals surface area contributed by atoms with Gasteiger partial charge in [0.2, 0.25) is 0 Å². The number of nitrogens with zero attached hydrogens (tertiary/aromatic N) is 7. The summed E-state index contributed by atoms with van der Waals surface area (Å²) >= 11 is 0. The molecule has 0 amide bonds. The van der Waals surface area contributed by atoms with E-state index >= 15 is 0 Å². The Morgan fingerprint density at radius 3 is 1.89 bits per heavy atom. The first-order chi connectivity index (χ1) is 21.3. The first-order valence-electron chi connectivity index (χ1n) is 14.4. The molecule has 7 nitrogen and oxygen atoms in total. The number of pyridine rings is 1. The third-order valence-corrected chi connectivity index (χ3v) is 7.49. The second-order valence-electron chi connectivity index (χ2n) is 10.5. The molecule has 0 bridgehead atoms. The van der Waals surface area contributed by atoms with Crippen LogP contribution >= 0.6 is 0 Å². The van der Waals surface area contributed by atoms with Crippen molar-refractivity contribution in [3.63, 3.8) is 0 Å². The molecule has 8 heteroatoms. The molecular formula is C36H30IrN7. The Balaban J connectivity index is 0.000000161. The summed E-state index contributed by atoms with van der Waals surface area (Å²) < 4.78 is 7.90.